The summed E-state index contributed by atoms with van der Waals surface area (Å²) in [6, 6.07) is 17.2. The molecule has 1 atom stereocenters. The van der Waals surface area contributed by atoms with Crippen molar-refractivity contribution in [1.82, 2.24) is 10.3 Å². The van der Waals surface area contributed by atoms with E-state index in [2.05, 4.69) is 24.1 Å². The lowest BCUT2D eigenvalue weighted by Crippen LogP contribution is -2.31. The number of methoxy groups -OCH3 is 1. The van der Waals surface area contributed by atoms with E-state index in [4.69, 9.17) is 4.74 Å². The molecule has 0 spiro atoms. The molecule has 3 aromatic rings. The van der Waals surface area contributed by atoms with Crippen molar-refractivity contribution in [2.75, 3.05) is 7.11 Å². The molecule has 1 heterocycles. The van der Waals surface area contributed by atoms with Crippen molar-refractivity contribution in [3.8, 4) is 5.75 Å². The van der Waals surface area contributed by atoms with Gasteiger partial charge in [0.05, 0.1) is 24.2 Å². The van der Waals surface area contributed by atoms with Crippen LogP contribution in [0.1, 0.15) is 35.8 Å². The van der Waals surface area contributed by atoms with Gasteiger partial charge in [0.15, 0.2) is 0 Å². The molecule has 1 amide bonds. The first-order chi connectivity index (χ1) is 12.1. The molecule has 0 fully saturated rings. The Labute approximate surface area is 147 Å². The maximum atomic E-state index is 12.9. The highest BCUT2D eigenvalue weighted by atomic mass is 16.5. The highest BCUT2D eigenvalue weighted by Crippen LogP contribution is 2.25. The van der Waals surface area contributed by atoms with Gasteiger partial charge in [0, 0.05) is 11.6 Å². The fraction of sp³-hybridized carbons (Fsp3) is 0.238. The van der Waals surface area contributed by atoms with E-state index in [0.717, 1.165) is 22.2 Å². The van der Waals surface area contributed by atoms with E-state index < -0.39 is 0 Å². The predicted octanol–water partition coefficient (Wildman–Crippen LogP) is 4.37. The number of pyridine rings is 1. The fourth-order valence-corrected chi connectivity index (χ4v) is 2.96. The summed E-state index contributed by atoms with van der Waals surface area (Å²) >= 11 is 0. The van der Waals surface area contributed by atoms with E-state index in [1.54, 1.807) is 19.4 Å². The van der Waals surface area contributed by atoms with Crippen LogP contribution in [0.3, 0.4) is 0 Å². The molecule has 0 aliphatic rings. The van der Waals surface area contributed by atoms with Crippen molar-refractivity contribution < 1.29 is 9.53 Å². The Morgan fingerprint density at radius 3 is 2.44 bits per heavy atom. The SMILES string of the molecule is COc1ccc(C(NC(=O)c2ccnc3ccccc23)C(C)C)cc1. The quantitative estimate of drug-likeness (QED) is 0.754. The molecule has 0 radical (unpaired) electrons. The smallest absolute Gasteiger partial charge is 0.252 e. The van der Waals surface area contributed by atoms with Crippen molar-refractivity contribution in [3.63, 3.8) is 0 Å². The molecule has 1 unspecified atom stereocenters. The third-order valence-electron chi connectivity index (χ3n) is 4.32. The number of carbonyl (C=O) groups is 1. The number of nitrogens with zero attached hydrogens (tertiary/aromatic N) is 1. The van der Waals surface area contributed by atoms with Crippen molar-refractivity contribution >= 4 is 16.8 Å². The summed E-state index contributed by atoms with van der Waals surface area (Å²) in [5.74, 6) is 0.969. The number of nitrogens with one attached hydrogen (secondary N) is 1. The zero-order valence-corrected chi connectivity index (χ0v) is 14.7. The Bertz CT molecular complexity index is 867. The number of fused-ring (bicyclic) bond motifs is 1. The topological polar surface area (TPSA) is 51.2 Å². The van der Waals surface area contributed by atoms with Crippen LogP contribution in [0.15, 0.2) is 60.8 Å². The maximum Gasteiger partial charge on any atom is 0.252 e. The average molecular weight is 334 g/mol. The predicted molar refractivity (Wildman–Crippen MR) is 99.8 cm³/mol. The Balaban J connectivity index is 1.90. The summed E-state index contributed by atoms with van der Waals surface area (Å²) in [6.45, 7) is 4.19. The van der Waals surface area contributed by atoms with Crippen molar-refractivity contribution in [1.29, 1.82) is 0 Å². The first-order valence-corrected chi connectivity index (χ1v) is 8.38. The van der Waals surface area contributed by atoms with Gasteiger partial charge >= 0.3 is 0 Å². The van der Waals surface area contributed by atoms with Crippen LogP contribution in [-0.4, -0.2) is 18.0 Å². The van der Waals surface area contributed by atoms with Gasteiger partial charge in [0.25, 0.3) is 5.91 Å². The molecule has 2 aromatic carbocycles. The zero-order chi connectivity index (χ0) is 17.8. The van der Waals surface area contributed by atoms with Gasteiger partial charge in [0.2, 0.25) is 0 Å². The molecule has 25 heavy (non-hydrogen) atoms. The van der Waals surface area contributed by atoms with Gasteiger partial charge in [-0.05, 0) is 35.7 Å². The number of para-hydroxylation sites is 1. The van der Waals surface area contributed by atoms with Crippen LogP contribution in [0.25, 0.3) is 10.9 Å². The van der Waals surface area contributed by atoms with E-state index in [1.807, 2.05) is 48.5 Å². The highest BCUT2D eigenvalue weighted by molar-refractivity contribution is 6.06. The molecule has 1 N–H and O–H groups in total. The third kappa shape index (κ3) is 3.63. The summed E-state index contributed by atoms with van der Waals surface area (Å²) < 4.78 is 5.21. The van der Waals surface area contributed by atoms with Crippen LogP contribution in [0.5, 0.6) is 5.75 Å². The van der Waals surface area contributed by atoms with E-state index in [-0.39, 0.29) is 17.9 Å². The second kappa shape index (κ2) is 7.34. The second-order valence-corrected chi connectivity index (χ2v) is 6.34. The summed E-state index contributed by atoms with van der Waals surface area (Å²) in [6.07, 6.45) is 1.68. The first-order valence-electron chi connectivity index (χ1n) is 8.38. The van der Waals surface area contributed by atoms with E-state index in [9.17, 15) is 4.79 Å². The van der Waals surface area contributed by atoms with Crippen molar-refractivity contribution in [2.24, 2.45) is 5.92 Å². The van der Waals surface area contributed by atoms with Gasteiger partial charge in [-0.3, -0.25) is 9.78 Å². The van der Waals surface area contributed by atoms with Crippen molar-refractivity contribution in [3.05, 3.63) is 71.9 Å². The molecular weight excluding hydrogens is 312 g/mol. The number of aromatic nitrogens is 1. The van der Waals surface area contributed by atoms with Gasteiger partial charge in [-0.25, -0.2) is 0 Å². The van der Waals surface area contributed by atoms with Crippen LogP contribution >= 0.6 is 0 Å². The summed E-state index contributed by atoms with van der Waals surface area (Å²) in [4.78, 5) is 17.2. The number of carbonyl (C=O) groups excluding carboxylic acids is 1. The van der Waals surface area contributed by atoms with Crippen LogP contribution in [-0.2, 0) is 0 Å². The minimum atomic E-state index is -0.0897. The van der Waals surface area contributed by atoms with Crippen LogP contribution in [0.4, 0.5) is 0 Å². The average Bonchev–Trinajstić information content (AvgIpc) is 2.65. The minimum Gasteiger partial charge on any atom is -0.497 e. The third-order valence-corrected chi connectivity index (χ3v) is 4.32. The molecular formula is C21H22N2O2. The molecule has 0 aliphatic heterocycles. The summed E-state index contributed by atoms with van der Waals surface area (Å²) in [5.41, 5.74) is 2.52. The first kappa shape index (κ1) is 17.0. The van der Waals surface area contributed by atoms with E-state index >= 15 is 0 Å². The lowest BCUT2D eigenvalue weighted by molar-refractivity contribution is 0.0927. The van der Waals surface area contributed by atoms with Gasteiger partial charge in [-0.15, -0.1) is 0 Å². The Morgan fingerprint density at radius 2 is 1.76 bits per heavy atom. The van der Waals surface area contributed by atoms with Crippen LogP contribution < -0.4 is 10.1 Å². The number of ether oxygens (including phenoxy) is 1. The zero-order valence-electron chi connectivity index (χ0n) is 14.7. The van der Waals surface area contributed by atoms with E-state index in [0.29, 0.717) is 5.56 Å². The molecule has 0 saturated carbocycles. The molecule has 0 saturated heterocycles. The van der Waals surface area contributed by atoms with Gasteiger partial charge < -0.3 is 10.1 Å². The number of rotatable bonds is 5. The van der Waals surface area contributed by atoms with Gasteiger partial charge in [-0.2, -0.15) is 0 Å². The van der Waals surface area contributed by atoms with Crippen LogP contribution in [0, 0.1) is 5.92 Å². The summed E-state index contributed by atoms with van der Waals surface area (Å²) in [5, 5.41) is 4.03. The minimum absolute atomic E-state index is 0.0784. The standard InChI is InChI=1S/C21H22N2O2/c1-14(2)20(15-8-10-16(25-3)11-9-15)23-21(24)18-12-13-22-19-7-5-4-6-17(18)19/h4-14,20H,1-3H3,(H,23,24). The molecule has 128 valence electrons. The van der Waals surface area contributed by atoms with E-state index in [1.165, 1.54) is 0 Å². The molecule has 0 bridgehead atoms. The Kier molecular flexibility index (Phi) is 4.98. The van der Waals surface area contributed by atoms with Gasteiger partial charge in [-0.1, -0.05) is 44.2 Å². The molecule has 0 aliphatic carbocycles. The Hall–Kier alpha value is -2.88. The van der Waals surface area contributed by atoms with Gasteiger partial charge in [0.1, 0.15) is 5.75 Å². The normalized spacial score (nSPS) is 12.2. The molecule has 4 heteroatoms. The molecule has 4 nitrogen and oxygen atoms in total. The fourth-order valence-electron chi connectivity index (χ4n) is 2.96. The maximum absolute atomic E-state index is 12.9. The second-order valence-electron chi connectivity index (χ2n) is 6.34. The monoisotopic (exact) mass is 334 g/mol. The number of benzene rings is 2. The lowest BCUT2D eigenvalue weighted by atomic mass is 9.95. The van der Waals surface area contributed by atoms with Crippen molar-refractivity contribution in [2.45, 2.75) is 19.9 Å². The largest absolute Gasteiger partial charge is 0.497 e. The summed E-state index contributed by atoms with van der Waals surface area (Å²) in [7, 11) is 1.64. The highest BCUT2D eigenvalue weighted by Gasteiger charge is 2.20. The lowest BCUT2D eigenvalue weighted by Gasteiger charge is -2.23. The number of hydrogen-bond acceptors (Lipinski definition) is 3. The number of hydrogen-bond donors (Lipinski definition) is 1. The number of amides is 1. The molecule has 3 rings (SSSR count). The van der Waals surface area contributed by atoms with Crippen LogP contribution in [0.2, 0.25) is 0 Å². The Morgan fingerprint density at radius 1 is 1.04 bits per heavy atom. The molecule has 1 aromatic heterocycles.